The Kier molecular flexibility index (Phi) is 4.32. The van der Waals surface area contributed by atoms with Gasteiger partial charge in [-0.3, -0.25) is 0 Å². The van der Waals surface area contributed by atoms with Crippen LogP contribution in [0.5, 0.6) is 11.5 Å². The molecule has 0 amide bonds. The Balaban J connectivity index is 1.64. The van der Waals surface area contributed by atoms with Gasteiger partial charge < -0.3 is 9.47 Å². The minimum absolute atomic E-state index is 0.133. The zero-order valence-corrected chi connectivity index (χ0v) is 17.0. The van der Waals surface area contributed by atoms with Crippen molar-refractivity contribution < 1.29 is 9.47 Å². The van der Waals surface area contributed by atoms with E-state index in [0.29, 0.717) is 0 Å². The predicted molar refractivity (Wildman–Crippen MR) is 113 cm³/mol. The molecule has 0 aromatic heterocycles. The molecule has 4 nitrogen and oxygen atoms in total. The minimum Gasteiger partial charge on any atom is -0.496 e. The van der Waals surface area contributed by atoms with Crippen molar-refractivity contribution in [2.45, 2.75) is 18.7 Å². The second kappa shape index (κ2) is 6.99. The van der Waals surface area contributed by atoms with Crippen LogP contribution in [0.1, 0.15) is 35.4 Å². The number of nitrogens with zero attached hydrogens (tertiary/aromatic N) is 2. The van der Waals surface area contributed by atoms with E-state index in [2.05, 4.69) is 57.3 Å². The summed E-state index contributed by atoms with van der Waals surface area (Å²) in [5.74, 6) is 1.69. The van der Waals surface area contributed by atoms with Gasteiger partial charge in [-0.25, -0.2) is 5.01 Å². The maximum atomic E-state index is 6.43. The molecule has 3 aromatic rings. The van der Waals surface area contributed by atoms with Gasteiger partial charge in [0.25, 0.3) is 0 Å². The summed E-state index contributed by atoms with van der Waals surface area (Å²) < 4.78 is 13.0. The first-order valence-corrected chi connectivity index (χ1v) is 10.0. The zero-order chi connectivity index (χ0) is 19.1. The van der Waals surface area contributed by atoms with Gasteiger partial charge in [0.2, 0.25) is 6.23 Å². The van der Waals surface area contributed by atoms with Gasteiger partial charge in [0.1, 0.15) is 11.5 Å². The Hall–Kier alpha value is -2.79. The molecule has 2 heterocycles. The van der Waals surface area contributed by atoms with Crippen LogP contribution in [0.25, 0.3) is 0 Å². The first-order chi connectivity index (χ1) is 13.7. The van der Waals surface area contributed by atoms with Gasteiger partial charge in [-0.15, -0.1) is 0 Å². The van der Waals surface area contributed by atoms with E-state index in [0.717, 1.165) is 39.2 Å². The second-order valence-corrected chi connectivity index (χ2v) is 7.82. The number of halogens is 1. The molecule has 0 unspecified atom stereocenters. The lowest BCUT2D eigenvalue weighted by molar-refractivity contribution is -0.0203. The second-order valence-electron chi connectivity index (χ2n) is 6.91. The smallest absolute Gasteiger partial charge is 0.217 e. The predicted octanol–water partition coefficient (Wildman–Crippen LogP) is 5.70. The Morgan fingerprint density at radius 3 is 2.61 bits per heavy atom. The molecule has 3 aromatic carbocycles. The van der Waals surface area contributed by atoms with Crippen LogP contribution in [0.3, 0.4) is 0 Å². The number of fused-ring (bicyclic) bond motifs is 3. The molecule has 5 heteroatoms. The molecule has 0 N–H and O–H groups in total. The van der Waals surface area contributed by atoms with Crippen LogP contribution in [0.15, 0.2) is 82.4 Å². The van der Waals surface area contributed by atoms with Crippen molar-refractivity contribution in [3.63, 3.8) is 0 Å². The summed E-state index contributed by atoms with van der Waals surface area (Å²) in [5.41, 5.74) is 4.34. The Labute approximate surface area is 172 Å². The maximum absolute atomic E-state index is 6.43. The summed E-state index contributed by atoms with van der Waals surface area (Å²) in [4.78, 5) is 0. The number of rotatable bonds is 3. The number of para-hydroxylation sites is 1. The SMILES string of the molecule is COc1ccc(Br)cc1[C@H]1Oc2ccccc2[C@H]2CC(c3ccccc3)=NN21. The zero-order valence-electron chi connectivity index (χ0n) is 15.4. The maximum Gasteiger partial charge on any atom is 0.217 e. The number of ether oxygens (including phenoxy) is 2. The van der Waals surface area contributed by atoms with Crippen LogP contribution >= 0.6 is 15.9 Å². The summed E-state index contributed by atoms with van der Waals surface area (Å²) in [5, 5.41) is 7.07. The molecule has 5 rings (SSSR count). The van der Waals surface area contributed by atoms with Gasteiger partial charge >= 0.3 is 0 Å². The fourth-order valence-electron chi connectivity index (χ4n) is 3.94. The largest absolute Gasteiger partial charge is 0.496 e. The van der Waals surface area contributed by atoms with Gasteiger partial charge in [-0.1, -0.05) is 64.5 Å². The number of hydrazone groups is 1. The first-order valence-electron chi connectivity index (χ1n) is 9.25. The molecule has 2 atom stereocenters. The molecule has 140 valence electrons. The van der Waals surface area contributed by atoms with E-state index >= 15 is 0 Å². The van der Waals surface area contributed by atoms with Gasteiger partial charge in [0.15, 0.2) is 0 Å². The molecule has 0 bridgehead atoms. The molecule has 2 aliphatic rings. The highest BCUT2D eigenvalue weighted by molar-refractivity contribution is 9.10. The Bertz CT molecular complexity index is 1050. The van der Waals surface area contributed by atoms with Gasteiger partial charge in [-0.05, 0) is 29.8 Å². The van der Waals surface area contributed by atoms with Crippen LogP contribution in [0.4, 0.5) is 0 Å². The average Bonchev–Trinajstić information content (AvgIpc) is 3.19. The fourth-order valence-corrected chi connectivity index (χ4v) is 4.32. The third-order valence-electron chi connectivity index (χ3n) is 5.26. The highest BCUT2D eigenvalue weighted by Crippen LogP contribution is 2.49. The lowest BCUT2D eigenvalue weighted by atomic mass is 9.96. The van der Waals surface area contributed by atoms with E-state index in [4.69, 9.17) is 14.6 Å². The quantitative estimate of drug-likeness (QED) is 0.529. The number of hydrogen-bond donors (Lipinski definition) is 0. The van der Waals surface area contributed by atoms with Crippen molar-refractivity contribution in [1.82, 2.24) is 5.01 Å². The summed E-state index contributed by atoms with van der Waals surface area (Å²) in [6.07, 6.45) is 0.491. The van der Waals surface area contributed by atoms with Crippen LogP contribution in [0, 0.1) is 0 Å². The lowest BCUT2D eigenvalue weighted by Gasteiger charge is -2.38. The third kappa shape index (κ3) is 2.87. The van der Waals surface area contributed by atoms with Crippen LogP contribution < -0.4 is 9.47 Å². The van der Waals surface area contributed by atoms with Crippen molar-refractivity contribution >= 4 is 21.6 Å². The van der Waals surface area contributed by atoms with E-state index < -0.39 is 0 Å². The van der Waals surface area contributed by atoms with Gasteiger partial charge in [0.05, 0.1) is 24.4 Å². The Morgan fingerprint density at radius 2 is 1.79 bits per heavy atom. The van der Waals surface area contributed by atoms with Gasteiger partial charge in [0, 0.05) is 16.5 Å². The summed E-state index contributed by atoms with van der Waals surface area (Å²) in [6, 6.07) is 24.7. The number of methoxy groups -OCH3 is 1. The summed E-state index contributed by atoms with van der Waals surface area (Å²) in [7, 11) is 1.68. The van der Waals surface area contributed by atoms with E-state index in [1.54, 1.807) is 7.11 Å². The Morgan fingerprint density at radius 1 is 1.00 bits per heavy atom. The normalized spacial score (nSPS) is 20.1. The van der Waals surface area contributed by atoms with Crippen molar-refractivity contribution in [3.8, 4) is 11.5 Å². The molecule has 0 spiro atoms. The number of benzene rings is 3. The molecular weight excluding hydrogens is 416 g/mol. The van der Waals surface area contributed by atoms with Crippen molar-refractivity contribution in [1.29, 1.82) is 0 Å². The standard InChI is InChI=1S/C23H19BrN2O2/c1-27-21-12-11-16(24)13-18(21)23-26-20(17-9-5-6-10-22(17)28-23)14-19(25-26)15-7-3-2-4-8-15/h2-13,20,23H,14H2,1H3/t20-,23-/m1/s1. The molecule has 0 radical (unpaired) electrons. The summed E-state index contributed by atoms with van der Waals surface area (Å²) >= 11 is 3.58. The van der Waals surface area contributed by atoms with Crippen molar-refractivity contribution in [3.05, 3.63) is 94.0 Å². The van der Waals surface area contributed by atoms with E-state index in [-0.39, 0.29) is 12.3 Å². The van der Waals surface area contributed by atoms with Crippen molar-refractivity contribution in [2.24, 2.45) is 5.10 Å². The first kappa shape index (κ1) is 17.3. The fraction of sp³-hybridized carbons (Fsp3) is 0.174. The molecule has 0 aliphatic carbocycles. The molecule has 28 heavy (non-hydrogen) atoms. The average molecular weight is 435 g/mol. The molecular formula is C23H19BrN2O2. The summed E-state index contributed by atoms with van der Waals surface area (Å²) in [6.45, 7) is 0. The van der Waals surface area contributed by atoms with E-state index in [9.17, 15) is 0 Å². The third-order valence-corrected chi connectivity index (χ3v) is 5.76. The van der Waals surface area contributed by atoms with Crippen LogP contribution in [-0.2, 0) is 0 Å². The van der Waals surface area contributed by atoms with Crippen molar-refractivity contribution in [2.75, 3.05) is 7.11 Å². The molecule has 0 fully saturated rings. The molecule has 2 aliphatic heterocycles. The van der Waals surface area contributed by atoms with Gasteiger partial charge in [-0.2, -0.15) is 5.10 Å². The molecule has 0 saturated heterocycles. The highest BCUT2D eigenvalue weighted by atomic mass is 79.9. The highest BCUT2D eigenvalue weighted by Gasteiger charge is 2.41. The van der Waals surface area contributed by atoms with E-state index in [1.807, 2.05) is 36.4 Å². The van der Waals surface area contributed by atoms with Crippen LogP contribution in [-0.4, -0.2) is 17.8 Å². The number of hydrogen-bond acceptors (Lipinski definition) is 4. The van der Waals surface area contributed by atoms with E-state index in [1.165, 1.54) is 5.56 Å². The minimum atomic E-state index is -0.353. The van der Waals surface area contributed by atoms with Crippen LogP contribution in [0.2, 0.25) is 0 Å². The topological polar surface area (TPSA) is 34.1 Å². The monoisotopic (exact) mass is 434 g/mol. The lowest BCUT2D eigenvalue weighted by Crippen LogP contribution is -2.33. The molecule has 0 saturated carbocycles.